The molecule has 5 heteroatoms. The highest BCUT2D eigenvalue weighted by Crippen LogP contribution is 2.37. The fourth-order valence-electron chi connectivity index (χ4n) is 2.16. The first kappa shape index (κ1) is 13.1. The molecule has 1 atom stereocenters. The molecule has 0 amide bonds. The maximum absolute atomic E-state index is 12.7. The SMILES string of the molecule is CC(C)C1CN(C)c2cc(C(F)(F)F)ccc2N1. The third-order valence-electron chi connectivity index (χ3n) is 3.35. The lowest BCUT2D eigenvalue weighted by atomic mass is 9.99. The van der Waals surface area contributed by atoms with Gasteiger partial charge in [0.15, 0.2) is 0 Å². The number of alkyl halides is 3. The zero-order valence-electron chi connectivity index (χ0n) is 10.7. The molecule has 1 N–H and O–H groups in total. The second kappa shape index (κ2) is 4.37. The van der Waals surface area contributed by atoms with E-state index in [1.165, 1.54) is 12.1 Å². The zero-order chi connectivity index (χ0) is 13.5. The van der Waals surface area contributed by atoms with Crippen LogP contribution < -0.4 is 10.2 Å². The summed E-state index contributed by atoms with van der Waals surface area (Å²) in [5, 5.41) is 3.30. The van der Waals surface area contributed by atoms with Gasteiger partial charge in [0.25, 0.3) is 0 Å². The number of fused-ring (bicyclic) bond motifs is 1. The number of benzene rings is 1. The Labute approximate surface area is 105 Å². The molecule has 0 bridgehead atoms. The van der Waals surface area contributed by atoms with Gasteiger partial charge in [-0.3, -0.25) is 0 Å². The quantitative estimate of drug-likeness (QED) is 0.828. The summed E-state index contributed by atoms with van der Waals surface area (Å²) in [6, 6.07) is 4.11. The van der Waals surface area contributed by atoms with Crippen molar-refractivity contribution in [3.05, 3.63) is 23.8 Å². The van der Waals surface area contributed by atoms with Crippen molar-refractivity contribution in [3.63, 3.8) is 0 Å². The van der Waals surface area contributed by atoms with E-state index in [-0.39, 0.29) is 6.04 Å². The molecule has 1 unspecified atom stereocenters. The summed E-state index contributed by atoms with van der Waals surface area (Å²) >= 11 is 0. The molecular formula is C13H17F3N2. The maximum atomic E-state index is 12.7. The van der Waals surface area contributed by atoms with Crippen LogP contribution >= 0.6 is 0 Å². The Morgan fingerprint density at radius 3 is 2.56 bits per heavy atom. The van der Waals surface area contributed by atoms with Gasteiger partial charge >= 0.3 is 6.18 Å². The third kappa shape index (κ3) is 2.40. The molecule has 1 heterocycles. The highest BCUT2D eigenvalue weighted by Gasteiger charge is 2.33. The molecule has 0 spiro atoms. The minimum atomic E-state index is -4.29. The number of hydrogen-bond donors (Lipinski definition) is 1. The van der Waals surface area contributed by atoms with Gasteiger partial charge in [-0.1, -0.05) is 13.8 Å². The molecular weight excluding hydrogens is 241 g/mol. The van der Waals surface area contributed by atoms with Gasteiger partial charge in [0.05, 0.1) is 16.9 Å². The number of likely N-dealkylation sites (N-methyl/N-ethyl adjacent to an activating group) is 1. The van der Waals surface area contributed by atoms with E-state index in [2.05, 4.69) is 19.2 Å². The van der Waals surface area contributed by atoms with Crippen LogP contribution in [0.15, 0.2) is 18.2 Å². The van der Waals surface area contributed by atoms with Crippen LogP contribution in [0.5, 0.6) is 0 Å². The fraction of sp³-hybridized carbons (Fsp3) is 0.538. The van der Waals surface area contributed by atoms with E-state index in [1.807, 2.05) is 11.9 Å². The predicted molar refractivity (Wildman–Crippen MR) is 67.0 cm³/mol. The van der Waals surface area contributed by atoms with E-state index < -0.39 is 11.7 Å². The molecule has 0 radical (unpaired) electrons. The second-order valence-electron chi connectivity index (χ2n) is 5.11. The number of hydrogen-bond acceptors (Lipinski definition) is 2. The molecule has 1 aromatic rings. The van der Waals surface area contributed by atoms with E-state index in [9.17, 15) is 13.2 Å². The summed E-state index contributed by atoms with van der Waals surface area (Å²) in [5.74, 6) is 0.433. The highest BCUT2D eigenvalue weighted by molar-refractivity contribution is 5.73. The van der Waals surface area contributed by atoms with E-state index >= 15 is 0 Å². The minimum absolute atomic E-state index is 0.263. The molecule has 0 saturated carbocycles. The Hall–Kier alpha value is -1.39. The van der Waals surface area contributed by atoms with Gasteiger partial charge in [0, 0.05) is 19.6 Å². The Morgan fingerprint density at radius 2 is 2.00 bits per heavy atom. The lowest BCUT2D eigenvalue weighted by Crippen LogP contribution is -2.42. The van der Waals surface area contributed by atoms with Gasteiger partial charge in [-0.05, 0) is 24.1 Å². The van der Waals surface area contributed by atoms with Crippen molar-refractivity contribution in [2.75, 3.05) is 23.8 Å². The van der Waals surface area contributed by atoms with Crippen LogP contribution in [0, 0.1) is 5.92 Å². The van der Waals surface area contributed by atoms with Crippen molar-refractivity contribution >= 4 is 11.4 Å². The minimum Gasteiger partial charge on any atom is -0.379 e. The van der Waals surface area contributed by atoms with Crippen molar-refractivity contribution in [2.45, 2.75) is 26.1 Å². The molecule has 0 aromatic heterocycles. The molecule has 1 aromatic carbocycles. The van der Waals surface area contributed by atoms with Crippen LogP contribution in [0.1, 0.15) is 19.4 Å². The largest absolute Gasteiger partial charge is 0.416 e. The van der Waals surface area contributed by atoms with Crippen molar-refractivity contribution in [1.29, 1.82) is 0 Å². The molecule has 1 aliphatic rings. The van der Waals surface area contributed by atoms with Crippen molar-refractivity contribution in [1.82, 2.24) is 0 Å². The van der Waals surface area contributed by atoms with Crippen molar-refractivity contribution in [3.8, 4) is 0 Å². The predicted octanol–water partition coefficient (Wildman–Crippen LogP) is 3.59. The lowest BCUT2D eigenvalue weighted by Gasteiger charge is -2.37. The second-order valence-corrected chi connectivity index (χ2v) is 5.11. The van der Waals surface area contributed by atoms with Gasteiger partial charge in [-0.25, -0.2) is 0 Å². The maximum Gasteiger partial charge on any atom is 0.416 e. The van der Waals surface area contributed by atoms with Crippen LogP contribution in [0.4, 0.5) is 24.5 Å². The Morgan fingerprint density at radius 1 is 1.33 bits per heavy atom. The Bertz CT molecular complexity index is 440. The zero-order valence-corrected chi connectivity index (χ0v) is 10.7. The molecule has 100 valence electrons. The molecule has 0 aliphatic carbocycles. The van der Waals surface area contributed by atoms with Gasteiger partial charge < -0.3 is 10.2 Å². The summed E-state index contributed by atoms with van der Waals surface area (Å²) in [4.78, 5) is 1.88. The summed E-state index contributed by atoms with van der Waals surface area (Å²) in [6.45, 7) is 4.91. The first-order valence-corrected chi connectivity index (χ1v) is 5.98. The van der Waals surface area contributed by atoms with Gasteiger partial charge in [0.2, 0.25) is 0 Å². The number of nitrogens with one attached hydrogen (secondary N) is 1. The smallest absolute Gasteiger partial charge is 0.379 e. The van der Waals surface area contributed by atoms with E-state index in [0.717, 1.165) is 11.8 Å². The number of anilines is 2. The summed E-state index contributed by atoms with van der Waals surface area (Å²) in [5.41, 5.74) is 0.787. The van der Waals surface area contributed by atoms with Crippen LogP contribution in [0.3, 0.4) is 0 Å². The van der Waals surface area contributed by atoms with Crippen molar-refractivity contribution < 1.29 is 13.2 Å². The molecule has 18 heavy (non-hydrogen) atoms. The normalized spacial score (nSPS) is 19.7. The highest BCUT2D eigenvalue weighted by atomic mass is 19.4. The van der Waals surface area contributed by atoms with Crippen LogP contribution in [0.2, 0.25) is 0 Å². The lowest BCUT2D eigenvalue weighted by molar-refractivity contribution is -0.137. The third-order valence-corrected chi connectivity index (χ3v) is 3.35. The number of halogens is 3. The summed E-state index contributed by atoms with van der Waals surface area (Å²) in [6.07, 6.45) is -4.29. The molecule has 2 nitrogen and oxygen atoms in total. The van der Waals surface area contributed by atoms with Crippen LogP contribution in [0.25, 0.3) is 0 Å². The number of rotatable bonds is 1. The molecule has 1 aliphatic heterocycles. The average molecular weight is 258 g/mol. The fourth-order valence-corrected chi connectivity index (χ4v) is 2.16. The molecule has 2 rings (SSSR count). The van der Waals surface area contributed by atoms with E-state index in [0.29, 0.717) is 18.2 Å². The monoisotopic (exact) mass is 258 g/mol. The Kier molecular flexibility index (Phi) is 3.17. The van der Waals surface area contributed by atoms with E-state index in [4.69, 9.17) is 0 Å². The van der Waals surface area contributed by atoms with Crippen LogP contribution in [-0.2, 0) is 6.18 Å². The standard InChI is InChI=1S/C13H17F3N2/c1-8(2)11-7-18(3)12-6-9(13(14,15)16)4-5-10(12)17-11/h4-6,8,11,17H,7H2,1-3H3. The van der Waals surface area contributed by atoms with Gasteiger partial charge in [-0.15, -0.1) is 0 Å². The summed E-state index contributed by atoms with van der Waals surface area (Å²) in [7, 11) is 1.83. The van der Waals surface area contributed by atoms with Gasteiger partial charge in [0.1, 0.15) is 0 Å². The van der Waals surface area contributed by atoms with Gasteiger partial charge in [-0.2, -0.15) is 13.2 Å². The number of nitrogens with zero attached hydrogens (tertiary/aromatic N) is 1. The van der Waals surface area contributed by atoms with Crippen LogP contribution in [-0.4, -0.2) is 19.6 Å². The molecule has 0 saturated heterocycles. The first-order valence-electron chi connectivity index (χ1n) is 5.98. The molecule has 0 fully saturated rings. The topological polar surface area (TPSA) is 15.3 Å². The average Bonchev–Trinajstić information content (AvgIpc) is 2.27. The Balaban J connectivity index is 2.35. The summed E-state index contributed by atoms with van der Waals surface area (Å²) < 4.78 is 38.0. The first-order chi connectivity index (χ1) is 8.29. The van der Waals surface area contributed by atoms with E-state index in [1.54, 1.807) is 0 Å². The van der Waals surface area contributed by atoms with Crippen molar-refractivity contribution in [2.24, 2.45) is 5.92 Å².